The lowest BCUT2D eigenvalue weighted by Crippen LogP contribution is -2.50. The van der Waals surface area contributed by atoms with Crippen molar-refractivity contribution in [3.63, 3.8) is 0 Å². The van der Waals surface area contributed by atoms with Crippen molar-refractivity contribution in [2.24, 2.45) is 0 Å². The molecule has 0 aliphatic heterocycles. The standard InChI is InChI=1S/C11H9BrF5NO/c1-6(7-2-4-8(12)5-3-7)18-9(19)10(13,14)11(15,16)17/h2-6H,1H3,(H,18,19)/t6-/m0/s1. The molecule has 1 N–H and O–H groups in total. The van der Waals surface area contributed by atoms with Gasteiger partial charge in [-0.1, -0.05) is 28.1 Å². The summed E-state index contributed by atoms with van der Waals surface area (Å²) >= 11 is 3.15. The van der Waals surface area contributed by atoms with Crippen LogP contribution in [0.3, 0.4) is 0 Å². The highest BCUT2D eigenvalue weighted by Gasteiger charge is 2.63. The minimum absolute atomic E-state index is 0.412. The molecule has 8 heteroatoms. The van der Waals surface area contributed by atoms with E-state index >= 15 is 0 Å². The van der Waals surface area contributed by atoms with E-state index in [9.17, 15) is 26.7 Å². The fraction of sp³-hybridized carbons (Fsp3) is 0.364. The average molecular weight is 346 g/mol. The Morgan fingerprint density at radius 3 is 2.05 bits per heavy atom. The van der Waals surface area contributed by atoms with Gasteiger partial charge in [-0.2, -0.15) is 22.0 Å². The Morgan fingerprint density at radius 2 is 1.63 bits per heavy atom. The average Bonchev–Trinajstić information content (AvgIpc) is 2.28. The third-order valence-corrected chi connectivity index (χ3v) is 2.89. The van der Waals surface area contributed by atoms with Crippen LogP contribution in [-0.2, 0) is 4.79 Å². The smallest absolute Gasteiger partial charge is 0.344 e. The van der Waals surface area contributed by atoms with Gasteiger partial charge in [0.15, 0.2) is 0 Å². The van der Waals surface area contributed by atoms with Crippen molar-refractivity contribution in [2.75, 3.05) is 0 Å². The van der Waals surface area contributed by atoms with E-state index in [1.807, 2.05) is 0 Å². The van der Waals surface area contributed by atoms with Gasteiger partial charge in [0.1, 0.15) is 0 Å². The second kappa shape index (κ2) is 5.44. The number of carbonyl (C=O) groups excluding carboxylic acids is 1. The fourth-order valence-corrected chi connectivity index (χ4v) is 1.52. The van der Waals surface area contributed by atoms with Crippen molar-refractivity contribution in [3.05, 3.63) is 34.3 Å². The van der Waals surface area contributed by atoms with E-state index in [2.05, 4.69) is 15.9 Å². The first-order valence-corrected chi connectivity index (χ1v) is 5.86. The van der Waals surface area contributed by atoms with E-state index in [0.717, 1.165) is 4.47 Å². The fourth-order valence-electron chi connectivity index (χ4n) is 1.25. The van der Waals surface area contributed by atoms with Gasteiger partial charge in [0.05, 0.1) is 6.04 Å². The van der Waals surface area contributed by atoms with Crippen molar-refractivity contribution < 1.29 is 26.7 Å². The van der Waals surface area contributed by atoms with Crippen LogP contribution in [0.4, 0.5) is 22.0 Å². The van der Waals surface area contributed by atoms with Gasteiger partial charge in [-0.05, 0) is 24.6 Å². The number of nitrogens with one attached hydrogen (secondary N) is 1. The SMILES string of the molecule is C[C@H](NC(=O)C(F)(F)C(F)(F)F)c1ccc(Br)cc1. The number of halogens is 6. The number of hydrogen-bond donors (Lipinski definition) is 1. The first kappa shape index (κ1) is 15.9. The number of alkyl halides is 5. The molecular formula is C11H9BrF5NO. The molecule has 106 valence electrons. The minimum atomic E-state index is -5.91. The summed E-state index contributed by atoms with van der Waals surface area (Å²) in [4.78, 5) is 11.0. The van der Waals surface area contributed by atoms with Crippen molar-refractivity contribution in [1.29, 1.82) is 0 Å². The monoisotopic (exact) mass is 345 g/mol. The molecule has 2 nitrogen and oxygen atoms in total. The summed E-state index contributed by atoms with van der Waals surface area (Å²) in [6, 6.07) is 5.20. The maximum Gasteiger partial charge on any atom is 0.463 e. The Kier molecular flexibility index (Phi) is 4.54. The Morgan fingerprint density at radius 1 is 1.16 bits per heavy atom. The second-order valence-corrected chi connectivity index (χ2v) is 4.73. The predicted molar refractivity (Wildman–Crippen MR) is 61.7 cm³/mol. The number of carbonyl (C=O) groups is 1. The lowest BCUT2D eigenvalue weighted by atomic mass is 10.1. The highest BCUT2D eigenvalue weighted by Crippen LogP contribution is 2.36. The Labute approximate surface area is 114 Å². The summed E-state index contributed by atoms with van der Waals surface area (Å²) in [6.07, 6.45) is -5.91. The Hall–Kier alpha value is -1.18. The maximum absolute atomic E-state index is 12.7. The van der Waals surface area contributed by atoms with Gasteiger partial charge in [-0.3, -0.25) is 4.79 Å². The Balaban J connectivity index is 2.80. The summed E-state index contributed by atoms with van der Waals surface area (Å²) in [5.74, 6) is -7.77. The molecule has 1 atom stereocenters. The Bertz CT molecular complexity index is 457. The first-order chi connectivity index (χ1) is 8.55. The highest BCUT2D eigenvalue weighted by atomic mass is 79.9. The van der Waals surface area contributed by atoms with Crippen LogP contribution in [-0.4, -0.2) is 18.0 Å². The molecule has 0 aliphatic carbocycles. The summed E-state index contributed by atoms with van der Waals surface area (Å²) in [6.45, 7) is 1.31. The van der Waals surface area contributed by atoms with E-state index < -0.39 is 24.0 Å². The number of hydrogen-bond acceptors (Lipinski definition) is 1. The van der Waals surface area contributed by atoms with Gasteiger partial charge < -0.3 is 5.32 Å². The zero-order chi connectivity index (χ0) is 14.8. The van der Waals surface area contributed by atoms with E-state index in [1.54, 1.807) is 17.4 Å². The zero-order valence-corrected chi connectivity index (χ0v) is 11.1. The van der Waals surface area contributed by atoms with Crippen LogP contribution in [0.15, 0.2) is 28.7 Å². The quantitative estimate of drug-likeness (QED) is 0.829. The lowest BCUT2D eigenvalue weighted by Gasteiger charge is -2.21. The van der Waals surface area contributed by atoms with E-state index in [0.29, 0.717) is 5.56 Å². The molecule has 0 fully saturated rings. The summed E-state index contributed by atoms with van der Waals surface area (Å²) in [5, 5.41) is 1.64. The molecule has 0 bridgehead atoms. The molecule has 1 aromatic carbocycles. The van der Waals surface area contributed by atoms with Gasteiger partial charge in [0.2, 0.25) is 0 Å². The molecule has 1 aromatic rings. The highest BCUT2D eigenvalue weighted by molar-refractivity contribution is 9.10. The van der Waals surface area contributed by atoms with Gasteiger partial charge in [-0.15, -0.1) is 0 Å². The van der Waals surface area contributed by atoms with Crippen LogP contribution < -0.4 is 5.32 Å². The van der Waals surface area contributed by atoms with Gasteiger partial charge in [-0.25, -0.2) is 0 Å². The van der Waals surface area contributed by atoms with E-state index in [-0.39, 0.29) is 0 Å². The van der Waals surface area contributed by atoms with Crippen LogP contribution in [0.25, 0.3) is 0 Å². The van der Waals surface area contributed by atoms with Crippen molar-refractivity contribution in [2.45, 2.75) is 25.1 Å². The molecule has 1 amide bonds. The van der Waals surface area contributed by atoms with Crippen molar-refractivity contribution in [1.82, 2.24) is 5.32 Å². The topological polar surface area (TPSA) is 29.1 Å². The number of rotatable bonds is 3. The second-order valence-electron chi connectivity index (χ2n) is 3.82. The minimum Gasteiger partial charge on any atom is -0.344 e. The van der Waals surface area contributed by atoms with E-state index in [1.165, 1.54) is 19.1 Å². The summed E-state index contributed by atoms with van der Waals surface area (Å²) < 4.78 is 62.1. The summed E-state index contributed by atoms with van der Waals surface area (Å²) in [7, 11) is 0. The molecule has 0 spiro atoms. The van der Waals surface area contributed by atoms with Crippen LogP contribution in [0.5, 0.6) is 0 Å². The van der Waals surface area contributed by atoms with Gasteiger partial charge in [0.25, 0.3) is 0 Å². The number of amides is 1. The van der Waals surface area contributed by atoms with Crippen LogP contribution in [0, 0.1) is 0 Å². The lowest BCUT2D eigenvalue weighted by molar-refractivity contribution is -0.270. The third kappa shape index (κ3) is 3.65. The molecule has 0 unspecified atom stereocenters. The van der Waals surface area contributed by atoms with Gasteiger partial charge >= 0.3 is 18.0 Å². The normalized spacial score (nSPS) is 14.1. The molecule has 0 radical (unpaired) electrons. The summed E-state index contributed by atoms with van der Waals surface area (Å²) in [5.41, 5.74) is 0.412. The largest absolute Gasteiger partial charge is 0.463 e. The molecule has 0 aromatic heterocycles. The molecule has 0 saturated heterocycles. The third-order valence-electron chi connectivity index (χ3n) is 2.36. The van der Waals surface area contributed by atoms with Crippen LogP contribution in [0.1, 0.15) is 18.5 Å². The molecule has 0 saturated carbocycles. The van der Waals surface area contributed by atoms with Gasteiger partial charge in [0, 0.05) is 4.47 Å². The molecular weight excluding hydrogens is 337 g/mol. The molecule has 1 rings (SSSR count). The van der Waals surface area contributed by atoms with Crippen LogP contribution >= 0.6 is 15.9 Å². The first-order valence-electron chi connectivity index (χ1n) is 5.06. The number of benzene rings is 1. The van der Waals surface area contributed by atoms with Crippen molar-refractivity contribution in [3.8, 4) is 0 Å². The molecule has 0 aliphatic rings. The van der Waals surface area contributed by atoms with E-state index in [4.69, 9.17) is 0 Å². The predicted octanol–water partition coefficient (Wildman–Crippen LogP) is 3.82. The molecule has 0 heterocycles. The van der Waals surface area contributed by atoms with Crippen molar-refractivity contribution >= 4 is 21.8 Å². The zero-order valence-electron chi connectivity index (χ0n) is 9.56. The molecule has 19 heavy (non-hydrogen) atoms. The maximum atomic E-state index is 12.7. The van der Waals surface area contributed by atoms with Crippen LogP contribution in [0.2, 0.25) is 0 Å².